The van der Waals surface area contributed by atoms with Gasteiger partial charge in [-0.25, -0.2) is 5.01 Å². The fraction of sp³-hybridized carbons (Fsp3) is 0.696. The highest BCUT2D eigenvalue weighted by Gasteiger charge is 2.65. The summed E-state index contributed by atoms with van der Waals surface area (Å²) < 4.78 is 0. The number of carbonyl (C=O) groups excluding carboxylic acids is 1. The molecule has 1 aromatic rings. The molecule has 4 aliphatic carbocycles. The average Bonchev–Trinajstić information content (AvgIpc) is 2.68. The van der Waals surface area contributed by atoms with Crippen LogP contribution < -0.4 is 10.7 Å². The molecule has 0 aromatic heterocycles. The summed E-state index contributed by atoms with van der Waals surface area (Å²) in [7, 11) is 0. The molecule has 2 N–H and O–H groups in total. The van der Waals surface area contributed by atoms with Crippen LogP contribution in [0.5, 0.6) is 0 Å². The fourth-order valence-corrected chi connectivity index (χ4v) is 7.92. The lowest BCUT2D eigenvalue weighted by molar-refractivity contribution is -0.167. The van der Waals surface area contributed by atoms with Crippen LogP contribution in [0.4, 0.5) is 0 Å². The number of hydrazine groups is 1. The molecule has 4 atom stereocenters. The van der Waals surface area contributed by atoms with Gasteiger partial charge in [0.1, 0.15) is 0 Å². The molecule has 5 aliphatic rings. The predicted octanol–water partition coefficient (Wildman–Crippen LogP) is 3.46. The van der Waals surface area contributed by atoms with Crippen molar-refractivity contribution in [1.29, 1.82) is 0 Å². The monoisotopic (exact) mass is 401 g/mol. The zero-order valence-corrected chi connectivity index (χ0v) is 17.4. The van der Waals surface area contributed by atoms with E-state index in [1.54, 1.807) is 0 Å². The van der Waals surface area contributed by atoms with Gasteiger partial charge >= 0.3 is 0 Å². The van der Waals surface area contributed by atoms with Gasteiger partial charge in [0, 0.05) is 32.1 Å². The molecular weight excluding hydrogens is 370 g/mol. The molecule has 4 saturated carbocycles. The maximum atomic E-state index is 13.7. The van der Waals surface area contributed by atoms with E-state index in [0.717, 1.165) is 51.9 Å². The van der Waals surface area contributed by atoms with Crippen LogP contribution in [0.1, 0.15) is 50.5 Å². The summed E-state index contributed by atoms with van der Waals surface area (Å²) in [5, 5.41) is 5.49. The first kappa shape index (κ1) is 18.9. The van der Waals surface area contributed by atoms with Gasteiger partial charge in [-0.05, 0) is 67.3 Å². The summed E-state index contributed by atoms with van der Waals surface area (Å²) >= 11 is 6.29. The van der Waals surface area contributed by atoms with Crippen molar-refractivity contribution in [3.8, 4) is 0 Å². The molecule has 1 heterocycles. The number of nitrogens with one attached hydrogen (secondary N) is 2. The Labute approximate surface area is 173 Å². The molecule has 5 heteroatoms. The third kappa shape index (κ3) is 3.09. The molecule has 1 aromatic carbocycles. The Morgan fingerprint density at radius 2 is 1.89 bits per heavy atom. The molecule has 0 spiro atoms. The molecule has 5 fully saturated rings. The minimum absolute atomic E-state index is 0.146. The highest BCUT2D eigenvalue weighted by atomic mass is 35.5. The molecule has 28 heavy (non-hydrogen) atoms. The lowest BCUT2D eigenvalue weighted by Crippen LogP contribution is -2.65. The Bertz CT molecular complexity index is 737. The first-order valence-corrected chi connectivity index (χ1v) is 11.5. The average molecular weight is 402 g/mol. The number of piperazine rings is 1. The highest BCUT2D eigenvalue weighted by Crippen LogP contribution is 2.71. The second-order valence-corrected chi connectivity index (χ2v) is 10.4. The van der Waals surface area contributed by atoms with Gasteiger partial charge in [0.15, 0.2) is 0 Å². The largest absolute Gasteiger partial charge is 0.314 e. The second-order valence-electron chi connectivity index (χ2n) is 10.1. The van der Waals surface area contributed by atoms with Crippen LogP contribution >= 0.6 is 11.6 Å². The number of hydrogen-bond donors (Lipinski definition) is 2. The summed E-state index contributed by atoms with van der Waals surface area (Å²) in [6.07, 6.45) is 7.83. The van der Waals surface area contributed by atoms with Crippen LogP contribution in [0.3, 0.4) is 0 Å². The molecule has 1 amide bonds. The van der Waals surface area contributed by atoms with Crippen molar-refractivity contribution in [2.45, 2.75) is 50.4 Å². The fourth-order valence-electron chi connectivity index (χ4n) is 7.52. The number of benzene rings is 1. The standard InChI is InChI=1S/C23H32ClN3O/c24-7-6-21-12-18-13-22(15-21,19-4-2-1-3-5-19)17-23(14-18,16-21)20(28)26-27-10-8-25-9-11-27/h1-5,18,25H,6-17H2,(H,26,28)/t18?,21-,22-,23?/m1/s1. The highest BCUT2D eigenvalue weighted by molar-refractivity contribution is 6.17. The Morgan fingerprint density at radius 1 is 1.11 bits per heavy atom. The molecule has 0 radical (unpaired) electrons. The molecule has 4 nitrogen and oxygen atoms in total. The molecular formula is C23H32ClN3O. The maximum Gasteiger partial charge on any atom is 0.240 e. The van der Waals surface area contributed by atoms with Crippen molar-refractivity contribution in [1.82, 2.24) is 15.8 Å². The van der Waals surface area contributed by atoms with Crippen LogP contribution in [0.2, 0.25) is 0 Å². The SMILES string of the molecule is O=C(NN1CCNCC1)C12CC3C[C@@](CCCl)(C1)C[C@](c1ccccc1)(C3)C2. The van der Waals surface area contributed by atoms with Crippen LogP contribution in [0.25, 0.3) is 0 Å². The van der Waals surface area contributed by atoms with Crippen LogP contribution in [0, 0.1) is 16.7 Å². The van der Waals surface area contributed by atoms with Crippen molar-refractivity contribution >= 4 is 17.5 Å². The number of amides is 1. The quantitative estimate of drug-likeness (QED) is 0.742. The zero-order valence-electron chi connectivity index (χ0n) is 16.7. The van der Waals surface area contributed by atoms with Gasteiger partial charge < -0.3 is 5.32 Å². The smallest absolute Gasteiger partial charge is 0.240 e. The van der Waals surface area contributed by atoms with E-state index < -0.39 is 0 Å². The number of rotatable bonds is 5. The van der Waals surface area contributed by atoms with Crippen LogP contribution in [0.15, 0.2) is 30.3 Å². The minimum Gasteiger partial charge on any atom is -0.314 e. The van der Waals surface area contributed by atoms with Gasteiger partial charge in [-0.15, -0.1) is 11.6 Å². The topological polar surface area (TPSA) is 44.4 Å². The van der Waals surface area contributed by atoms with E-state index in [9.17, 15) is 4.79 Å². The number of halogens is 1. The Hall–Kier alpha value is -1.10. The van der Waals surface area contributed by atoms with Crippen LogP contribution in [-0.2, 0) is 10.2 Å². The first-order chi connectivity index (χ1) is 13.6. The predicted molar refractivity (Wildman–Crippen MR) is 112 cm³/mol. The zero-order chi connectivity index (χ0) is 19.2. The van der Waals surface area contributed by atoms with E-state index in [-0.39, 0.29) is 22.2 Å². The Balaban J connectivity index is 1.49. The van der Waals surface area contributed by atoms with E-state index in [4.69, 9.17) is 11.6 Å². The van der Waals surface area contributed by atoms with Crippen molar-refractivity contribution in [2.24, 2.45) is 16.7 Å². The Morgan fingerprint density at radius 3 is 2.64 bits per heavy atom. The molecule has 1 saturated heterocycles. The first-order valence-electron chi connectivity index (χ1n) is 11.0. The number of nitrogens with zero attached hydrogens (tertiary/aromatic N) is 1. The van der Waals surface area contributed by atoms with E-state index in [1.165, 1.54) is 24.8 Å². The van der Waals surface area contributed by atoms with Gasteiger partial charge in [-0.3, -0.25) is 10.2 Å². The molecule has 4 bridgehead atoms. The molecule has 6 rings (SSSR count). The van der Waals surface area contributed by atoms with E-state index in [1.807, 2.05) is 0 Å². The number of hydrogen-bond acceptors (Lipinski definition) is 3. The Kier molecular flexibility index (Phi) is 4.72. The van der Waals surface area contributed by atoms with Crippen molar-refractivity contribution < 1.29 is 4.79 Å². The van der Waals surface area contributed by atoms with Crippen molar-refractivity contribution in [3.05, 3.63) is 35.9 Å². The lowest BCUT2D eigenvalue weighted by atomic mass is 9.38. The number of carbonyl (C=O) groups is 1. The summed E-state index contributed by atoms with van der Waals surface area (Å²) in [6, 6.07) is 11.0. The summed E-state index contributed by atoms with van der Waals surface area (Å²) in [4.78, 5) is 13.7. The van der Waals surface area contributed by atoms with Gasteiger partial charge in [0.2, 0.25) is 5.91 Å². The van der Waals surface area contributed by atoms with E-state index in [2.05, 4.69) is 46.1 Å². The molecule has 152 valence electrons. The normalized spacial score (nSPS) is 39.8. The van der Waals surface area contributed by atoms with Gasteiger partial charge in [-0.2, -0.15) is 0 Å². The summed E-state index contributed by atoms with van der Waals surface area (Å²) in [5.41, 5.74) is 4.92. The molecule has 2 unspecified atom stereocenters. The van der Waals surface area contributed by atoms with Crippen LogP contribution in [-0.4, -0.2) is 43.0 Å². The third-order valence-corrected chi connectivity index (χ3v) is 8.24. The van der Waals surface area contributed by atoms with Crippen molar-refractivity contribution in [3.63, 3.8) is 0 Å². The van der Waals surface area contributed by atoms with Crippen molar-refractivity contribution in [2.75, 3.05) is 32.1 Å². The third-order valence-electron chi connectivity index (χ3n) is 8.05. The van der Waals surface area contributed by atoms with Gasteiger partial charge in [-0.1, -0.05) is 30.3 Å². The maximum absolute atomic E-state index is 13.7. The van der Waals surface area contributed by atoms with Gasteiger partial charge in [0.05, 0.1) is 5.41 Å². The summed E-state index contributed by atoms with van der Waals surface area (Å²) in [6.45, 7) is 3.67. The van der Waals surface area contributed by atoms with E-state index in [0.29, 0.717) is 11.8 Å². The lowest BCUT2D eigenvalue weighted by Gasteiger charge is -2.66. The van der Waals surface area contributed by atoms with E-state index >= 15 is 0 Å². The number of alkyl halides is 1. The summed E-state index contributed by atoms with van der Waals surface area (Å²) in [5.74, 6) is 1.62. The van der Waals surface area contributed by atoms with Gasteiger partial charge in [0.25, 0.3) is 0 Å². The molecule has 1 aliphatic heterocycles. The second kappa shape index (κ2) is 7.00. The minimum atomic E-state index is -0.230.